The molecule has 1 fully saturated rings. The van der Waals surface area contributed by atoms with Gasteiger partial charge in [0.15, 0.2) is 0 Å². The SMILES string of the molecule is Cc1ccc(N2CCNC2=O)cc1Cl. The van der Waals surface area contributed by atoms with Gasteiger partial charge in [0.25, 0.3) is 0 Å². The van der Waals surface area contributed by atoms with Crippen LogP contribution in [0.3, 0.4) is 0 Å². The molecule has 1 aliphatic rings. The number of halogens is 1. The van der Waals surface area contributed by atoms with Crippen molar-refractivity contribution in [1.29, 1.82) is 0 Å². The van der Waals surface area contributed by atoms with Crippen molar-refractivity contribution in [2.45, 2.75) is 6.92 Å². The lowest BCUT2D eigenvalue weighted by Crippen LogP contribution is -2.27. The minimum atomic E-state index is -0.0510. The second-order valence-electron chi connectivity index (χ2n) is 3.32. The van der Waals surface area contributed by atoms with Gasteiger partial charge in [-0.25, -0.2) is 4.79 Å². The molecule has 1 aromatic carbocycles. The van der Waals surface area contributed by atoms with E-state index in [9.17, 15) is 4.79 Å². The second-order valence-corrected chi connectivity index (χ2v) is 3.72. The number of carbonyl (C=O) groups excluding carboxylic acids is 1. The highest BCUT2D eigenvalue weighted by atomic mass is 35.5. The Labute approximate surface area is 87.7 Å². The third-order valence-electron chi connectivity index (χ3n) is 2.32. The number of hydrogen-bond acceptors (Lipinski definition) is 1. The highest BCUT2D eigenvalue weighted by Crippen LogP contribution is 2.23. The number of nitrogens with zero attached hydrogens (tertiary/aromatic N) is 1. The summed E-state index contributed by atoms with van der Waals surface area (Å²) in [5.74, 6) is 0. The minimum Gasteiger partial charge on any atom is -0.336 e. The third-order valence-corrected chi connectivity index (χ3v) is 2.73. The molecule has 0 saturated carbocycles. The van der Waals surface area contributed by atoms with E-state index in [1.54, 1.807) is 4.90 Å². The molecule has 1 heterocycles. The van der Waals surface area contributed by atoms with Crippen LogP contribution in [0.5, 0.6) is 0 Å². The predicted molar refractivity (Wildman–Crippen MR) is 56.9 cm³/mol. The van der Waals surface area contributed by atoms with Crippen LogP contribution in [0.4, 0.5) is 10.5 Å². The van der Waals surface area contributed by atoms with Gasteiger partial charge in [0.05, 0.1) is 0 Å². The molecule has 1 saturated heterocycles. The average Bonchev–Trinajstić information content (AvgIpc) is 2.57. The van der Waals surface area contributed by atoms with E-state index in [4.69, 9.17) is 11.6 Å². The van der Waals surface area contributed by atoms with Gasteiger partial charge < -0.3 is 5.32 Å². The minimum absolute atomic E-state index is 0.0510. The number of urea groups is 1. The molecular formula is C10H11ClN2O. The van der Waals surface area contributed by atoms with Gasteiger partial charge in [0.1, 0.15) is 0 Å². The van der Waals surface area contributed by atoms with Crippen molar-refractivity contribution in [3.8, 4) is 0 Å². The molecule has 0 aromatic heterocycles. The van der Waals surface area contributed by atoms with Crippen LogP contribution in [0.1, 0.15) is 5.56 Å². The van der Waals surface area contributed by atoms with Gasteiger partial charge in [-0.2, -0.15) is 0 Å². The number of rotatable bonds is 1. The zero-order valence-electron chi connectivity index (χ0n) is 7.88. The van der Waals surface area contributed by atoms with Crippen LogP contribution in [0.15, 0.2) is 18.2 Å². The molecule has 74 valence electrons. The van der Waals surface area contributed by atoms with E-state index in [-0.39, 0.29) is 6.03 Å². The van der Waals surface area contributed by atoms with E-state index in [1.807, 2.05) is 25.1 Å². The summed E-state index contributed by atoms with van der Waals surface area (Å²) in [6, 6.07) is 5.60. The number of carbonyl (C=O) groups is 1. The number of benzene rings is 1. The van der Waals surface area contributed by atoms with E-state index >= 15 is 0 Å². The predicted octanol–water partition coefficient (Wildman–Crippen LogP) is 2.18. The fraction of sp³-hybridized carbons (Fsp3) is 0.300. The molecule has 4 heteroatoms. The van der Waals surface area contributed by atoms with Crippen molar-refractivity contribution in [2.24, 2.45) is 0 Å². The van der Waals surface area contributed by atoms with E-state index in [0.29, 0.717) is 18.1 Å². The summed E-state index contributed by atoms with van der Waals surface area (Å²) < 4.78 is 0. The van der Waals surface area contributed by atoms with Crippen LogP contribution < -0.4 is 10.2 Å². The number of amides is 2. The van der Waals surface area contributed by atoms with Crippen molar-refractivity contribution in [3.05, 3.63) is 28.8 Å². The molecule has 0 radical (unpaired) electrons. The summed E-state index contributed by atoms with van der Waals surface area (Å²) in [4.78, 5) is 13.0. The summed E-state index contributed by atoms with van der Waals surface area (Å²) in [6.07, 6.45) is 0. The van der Waals surface area contributed by atoms with Crippen molar-refractivity contribution < 1.29 is 4.79 Å². The van der Waals surface area contributed by atoms with Gasteiger partial charge in [0.2, 0.25) is 0 Å². The first-order valence-electron chi connectivity index (χ1n) is 4.50. The average molecular weight is 211 g/mol. The molecule has 1 N–H and O–H groups in total. The summed E-state index contributed by atoms with van der Waals surface area (Å²) in [6.45, 7) is 3.35. The zero-order valence-corrected chi connectivity index (χ0v) is 8.64. The number of hydrogen-bond donors (Lipinski definition) is 1. The normalized spacial score (nSPS) is 15.9. The van der Waals surface area contributed by atoms with Crippen molar-refractivity contribution in [2.75, 3.05) is 18.0 Å². The fourth-order valence-electron chi connectivity index (χ4n) is 1.47. The van der Waals surface area contributed by atoms with E-state index < -0.39 is 0 Å². The number of nitrogens with one attached hydrogen (secondary N) is 1. The van der Waals surface area contributed by atoms with Crippen molar-refractivity contribution >= 4 is 23.3 Å². The lowest BCUT2D eigenvalue weighted by atomic mass is 10.2. The second kappa shape index (κ2) is 3.50. The first-order chi connectivity index (χ1) is 6.68. The largest absolute Gasteiger partial charge is 0.336 e. The Kier molecular flexibility index (Phi) is 2.33. The molecule has 0 bridgehead atoms. The molecule has 2 rings (SSSR count). The molecule has 0 unspecified atom stereocenters. The van der Waals surface area contributed by atoms with Gasteiger partial charge >= 0.3 is 6.03 Å². The Bertz CT molecular complexity index is 378. The summed E-state index contributed by atoms with van der Waals surface area (Å²) in [5.41, 5.74) is 1.88. The molecule has 0 aliphatic carbocycles. The Hall–Kier alpha value is -1.22. The number of anilines is 1. The molecular weight excluding hydrogens is 200 g/mol. The molecule has 2 amide bonds. The molecule has 1 aromatic rings. The van der Waals surface area contributed by atoms with Crippen LogP contribution in [-0.4, -0.2) is 19.1 Å². The van der Waals surface area contributed by atoms with Crippen LogP contribution >= 0.6 is 11.6 Å². The monoisotopic (exact) mass is 210 g/mol. The van der Waals surface area contributed by atoms with Gasteiger partial charge in [-0.05, 0) is 24.6 Å². The quantitative estimate of drug-likeness (QED) is 0.757. The topological polar surface area (TPSA) is 32.3 Å². The third kappa shape index (κ3) is 1.55. The maximum absolute atomic E-state index is 11.3. The van der Waals surface area contributed by atoms with Crippen LogP contribution in [0.2, 0.25) is 5.02 Å². The van der Waals surface area contributed by atoms with E-state index in [1.165, 1.54) is 0 Å². The van der Waals surface area contributed by atoms with Crippen LogP contribution in [-0.2, 0) is 0 Å². The Balaban J connectivity index is 2.32. The fourth-order valence-corrected chi connectivity index (χ4v) is 1.64. The summed E-state index contributed by atoms with van der Waals surface area (Å²) in [7, 11) is 0. The van der Waals surface area contributed by atoms with Crippen LogP contribution in [0.25, 0.3) is 0 Å². The first kappa shape index (κ1) is 9.34. The molecule has 0 atom stereocenters. The molecule has 0 spiro atoms. The molecule has 3 nitrogen and oxygen atoms in total. The lowest BCUT2D eigenvalue weighted by Gasteiger charge is -2.14. The Morgan fingerprint density at radius 1 is 1.50 bits per heavy atom. The van der Waals surface area contributed by atoms with Crippen molar-refractivity contribution in [3.63, 3.8) is 0 Å². The Morgan fingerprint density at radius 3 is 2.86 bits per heavy atom. The highest BCUT2D eigenvalue weighted by Gasteiger charge is 2.21. The van der Waals surface area contributed by atoms with Gasteiger partial charge in [-0.3, -0.25) is 4.90 Å². The summed E-state index contributed by atoms with van der Waals surface area (Å²) in [5, 5.41) is 3.44. The van der Waals surface area contributed by atoms with Crippen LogP contribution in [0, 0.1) is 6.92 Å². The summed E-state index contributed by atoms with van der Waals surface area (Å²) >= 11 is 5.98. The lowest BCUT2D eigenvalue weighted by molar-refractivity contribution is 0.252. The van der Waals surface area contributed by atoms with E-state index in [0.717, 1.165) is 11.3 Å². The van der Waals surface area contributed by atoms with Crippen molar-refractivity contribution in [1.82, 2.24) is 5.32 Å². The standard InChI is InChI=1S/C10H11ClN2O/c1-7-2-3-8(6-9(7)11)13-5-4-12-10(13)14/h2-3,6H,4-5H2,1H3,(H,12,14). The van der Waals surface area contributed by atoms with Gasteiger partial charge in [0, 0.05) is 23.8 Å². The molecule has 14 heavy (non-hydrogen) atoms. The van der Waals surface area contributed by atoms with E-state index in [2.05, 4.69) is 5.32 Å². The number of aryl methyl sites for hydroxylation is 1. The van der Waals surface area contributed by atoms with Gasteiger partial charge in [-0.15, -0.1) is 0 Å². The highest BCUT2D eigenvalue weighted by molar-refractivity contribution is 6.31. The maximum Gasteiger partial charge on any atom is 0.321 e. The molecule has 1 aliphatic heterocycles. The Morgan fingerprint density at radius 2 is 2.29 bits per heavy atom. The first-order valence-corrected chi connectivity index (χ1v) is 4.88. The smallest absolute Gasteiger partial charge is 0.321 e. The maximum atomic E-state index is 11.3. The zero-order chi connectivity index (χ0) is 10.1. The van der Waals surface area contributed by atoms with Gasteiger partial charge in [-0.1, -0.05) is 17.7 Å².